The first kappa shape index (κ1) is 15.4. The van der Waals surface area contributed by atoms with Crippen molar-refractivity contribution in [2.24, 2.45) is 11.3 Å². The van der Waals surface area contributed by atoms with E-state index in [1.54, 1.807) is 7.11 Å². The summed E-state index contributed by atoms with van der Waals surface area (Å²) in [5, 5.41) is 6.49. The number of nitrogens with one attached hydrogen (secondary N) is 2. The first-order valence-electron chi connectivity index (χ1n) is 6.99. The lowest BCUT2D eigenvalue weighted by Gasteiger charge is -2.36. The van der Waals surface area contributed by atoms with E-state index in [9.17, 15) is 4.79 Å². The number of amides is 1. The average molecular weight is 256 g/mol. The van der Waals surface area contributed by atoms with Crippen LogP contribution in [-0.2, 0) is 9.53 Å². The summed E-state index contributed by atoms with van der Waals surface area (Å²) in [7, 11) is 1.69. The molecule has 4 nitrogen and oxygen atoms in total. The highest BCUT2D eigenvalue weighted by atomic mass is 16.5. The van der Waals surface area contributed by atoms with Gasteiger partial charge in [-0.15, -0.1) is 0 Å². The fourth-order valence-electron chi connectivity index (χ4n) is 2.43. The Labute approximate surface area is 111 Å². The third-order valence-electron chi connectivity index (χ3n) is 4.04. The third-order valence-corrected chi connectivity index (χ3v) is 4.04. The zero-order valence-corrected chi connectivity index (χ0v) is 12.2. The summed E-state index contributed by atoms with van der Waals surface area (Å²) in [5.74, 6) is 0.598. The number of methoxy groups -OCH3 is 1. The molecule has 1 aliphatic rings. The smallest absolute Gasteiger partial charge is 0.226 e. The molecule has 1 fully saturated rings. The van der Waals surface area contributed by atoms with Gasteiger partial charge in [-0.2, -0.15) is 0 Å². The molecule has 1 rings (SSSR count). The molecule has 4 heteroatoms. The second-order valence-electron chi connectivity index (χ2n) is 5.92. The quantitative estimate of drug-likeness (QED) is 0.758. The largest absolute Gasteiger partial charge is 0.385 e. The Morgan fingerprint density at radius 2 is 2.28 bits per heavy atom. The van der Waals surface area contributed by atoms with Gasteiger partial charge in [-0.3, -0.25) is 4.79 Å². The van der Waals surface area contributed by atoms with E-state index in [2.05, 4.69) is 24.5 Å². The molecule has 1 saturated heterocycles. The molecule has 0 saturated carbocycles. The summed E-state index contributed by atoms with van der Waals surface area (Å²) in [5.41, 5.74) is -0.297. The molecule has 0 aromatic carbocycles. The second kappa shape index (κ2) is 7.10. The number of ether oxygens (including phenoxy) is 1. The molecule has 2 atom stereocenters. The van der Waals surface area contributed by atoms with Gasteiger partial charge in [-0.25, -0.2) is 0 Å². The minimum Gasteiger partial charge on any atom is -0.385 e. The number of piperidine rings is 1. The zero-order chi connectivity index (χ0) is 13.6. The number of hydrogen-bond donors (Lipinski definition) is 2. The Balaban J connectivity index is 2.47. The zero-order valence-electron chi connectivity index (χ0n) is 12.2. The van der Waals surface area contributed by atoms with Crippen molar-refractivity contribution in [1.29, 1.82) is 0 Å². The van der Waals surface area contributed by atoms with Crippen LogP contribution < -0.4 is 10.6 Å². The van der Waals surface area contributed by atoms with Gasteiger partial charge in [0.25, 0.3) is 0 Å². The Morgan fingerprint density at radius 3 is 2.83 bits per heavy atom. The van der Waals surface area contributed by atoms with Crippen LogP contribution in [0.15, 0.2) is 0 Å². The van der Waals surface area contributed by atoms with Crippen LogP contribution in [0, 0.1) is 11.3 Å². The van der Waals surface area contributed by atoms with Crippen molar-refractivity contribution in [3.8, 4) is 0 Å². The molecule has 0 radical (unpaired) electrons. The monoisotopic (exact) mass is 256 g/mol. The van der Waals surface area contributed by atoms with Crippen molar-refractivity contribution < 1.29 is 9.53 Å². The van der Waals surface area contributed by atoms with E-state index in [1.807, 2.05) is 6.92 Å². The summed E-state index contributed by atoms with van der Waals surface area (Å²) < 4.78 is 5.03. The standard InChI is InChI=1S/C14H28N2O2/c1-11(7-9-18-4)16-13(17)14(2,3)12-6-5-8-15-10-12/h11-12,15H,5-10H2,1-4H3,(H,16,17). The molecule has 0 aliphatic carbocycles. The third kappa shape index (κ3) is 4.25. The van der Waals surface area contributed by atoms with E-state index < -0.39 is 0 Å². The molecule has 1 heterocycles. The van der Waals surface area contributed by atoms with E-state index in [1.165, 1.54) is 6.42 Å². The molecule has 0 aromatic heterocycles. The van der Waals surface area contributed by atoms with Gasteiger partial charge in [0.1, 0.15) is 0 Å². The summed E-state index contributed by atoms with van der Waals surface area (Å²) in [4.78, 5) is 12.4. The maximum Gasteiger partial charge on any atom is 0.226 e. The molecule has 1 amide bonds. The van der Waals surface area contributed by atoms with Gasteiger partial charge in [0.2, 0.25) is 5.91 Å². The maximum absolute atomic E-state index is 12.4. The van der Waals surface area contributed by atoms with Crippen molar-refractivity contribution in [3.05, 3.63) is 0 Å². The maximum atomic E-state index is 12.4. The summed E-state index contributed by atoms with van der Waals surface area (Å²) >= 11 is 0. The van der Waals surface area contributed by atoms with Crippen LogP contribution in [0.25, 0.3) is 0 Å². The van der Waals surface area contributed by atoms with Crippen LogP contribution in [0.4, 0.5) is 0 Å². The van der Waals surface area contributed by atoms with Crippen molar-refractivity contribution >= 4 is 5.91 Å². The van der Waals surface area contributed by atoms with Crippen LogP contribution in [-0.4, -0.2) is 38.8 Å². The predicted molar refractivity (Wildman–Crippen MR) is 73.5 cm³/mol. The molecule has 0 bridgehead atoms. The highest BCUT2D eigenvalue weighted by Crippen LogP contribution is 2.32. The Morgan fingerprint density at radius 1 is 1.56 bits per heavy atom. The normalized spacial score (nSPS) is 22.6. The van der Waals surface area contributed by atoms with Crippen LogP contribution in [0.1, 0.15) is 40.0 Å². The molecule has 1 aliphatic heterocycles. The fourth-order valence-corrected chi connectivity index (χ4v) is 2.43. The van der Waals surface area contributed by atoms with Crippen molar-refractivity contribution in [2.75, 3.05) is 26.8 Å². The number of carbonyl (C=O) groups is 1. The minimum absolute atomic E-state index is 0.166. The first-order valence-corrected chi connectivity index (χ1v) is 6.99. The van der Waals surface area contributed by atoms with Crippen LogP contribution in [0.2, 0.25) is 0 Å². The Hall–Kier alpha value is -0.610. The van der Waals surface area contributed by atoms with Crippen molar-refractivity contribution in [3.63, 3.8) is 0 Å². The van der Waals surface area contributed by atoms with Crippen LogP contribution >= 0.6 is 0 Å². The van der Waals surface area contributed by atoms with Crippen LogP contribution in [0.5, 0.6) is 0 Å². The van der Waals surface area contributed by atoms with Gasteiger partial charge in [-0.05, 0) is 45.2 Å². The molecule has 2 unspecified atom stereocenters. The van der Waals surface area contributed by atoms with E-state index in [0.29, 0.717) is 12.5 Å². The molecule has 0 spiro atoms. The van der Waals surface area contributed by atoms with Gasteiger partial charge < -0.3 is 15.4 Å². The number of rotatable bonds is 6. The van der Waals surface area contributed by atoms with Crippen molar-refractivity contribution in [2.45, 2.75) is 46.1 Å². The van der Waals surface area contributed by atoms with E-state index in [0.717, 1.165) is 25.9 Å². The molecular formula is C14H28N2O2. The fraction of sp³-hybridized carbons (Fsp3) is 0.929. The summed E-state index contributed by atoms with van der Waals surface area (Å²) in [6, 6.07) is 0.174. The van der Waals surface area contributed by atoms with Gasteiger partial charge in [0.15, 0.2) is 0 Å². The molecule has 0 aromatic rings. The summed E-state index contributed by atoms with van der Waals surface area (Å²) in [6.07, 6.45) is 3.17. The first-order chi connectivity index (χ1) is 8.48. The Kier molecular flexibility index (Phi) is 6.09. The number of hydrogen-bond acceptors (Lipinski definition) is 3. The van der Waals surface area contributed by atoms with Gasteiger partial charge in [-0.1, -0.05) is 13.8 Å². The molecular weight excluding hydrogens is 228 g/mol. The SMILES string of the molecule is COCCC(C)NC(=O)C(C)(C)C1CCCNC1. The van der Waals surface area contributed by atoms with Crippen molar-refractivity contribution in [1.82, 2.24) is 10.6 Å². The van der Waals surface area contributed by atoms with E-state index in [-0.39, 0.29) is 17.4 Å². The average Bonchev–Trinajstić information content (AvgIpc) is 2.37. The van der Waals surface area contributed by atoms with Gasteiger partial charge >= 0.3 is 0 Å². The lowest BCUT2D eigenvalue weighted by Crippen LogP contribution is -2.49. The van der Waals surface area contributed by atoms with Gasteiger partial charge in [0.05, 0.1) is 0 Å². The lowest BCUT2D eigenvalue weighted by molar-refractivity contribution is -0.133. The highest BCUT2D eigenvalue weighted by molar-refractivity contribution is 5.82. The summed E-state index contributed by atoms with van der Waals surface area (Å²) in [6.45, 7) is 8.87. The van der Waals surface area contributed by atoms with E-state index >= 15 is 0 Å². The predicted octanol–water partition coefficient (Wildman–Crippen LogP) is 1.55. The van der Waals surface area contributed by atoms with Crippen LogP contribution in [0.3, 0.4) is 0 Å². The number of carbonyl (C=O) groups excluding carboxylic acids is 1. The second-order valence-corrected chi connectivity index (χ2v) is 5.92. The highest BCUT2D eigenvalue weighted by Gasteiger charge is 2.37. The topological polar surface area (TPSA) is 50.4 Å². The Bertz CT molecular complexity index is 261. The van der Waals surface area contributed by atoms with E-state index in [4.69, 9.17) is 4.74 Å². The molecule has 106 valence electrons. The molecule has 18 heavy (non-hydrogen) atoms. The molecule has 2 N–H and O–H groups in total. The van der Waals surface area contributed by atoms with Gasteiger partial charge in [0, 0.05) is 25.2 Å². The minimum atomic E-state index is -0.297. The lowest BCUT2D eigenvalue weighted by atomic mass is 9.74.